The van der Waals surface area contributed by atoms with E-state index in [1.165, 1.54) is 24.8 Å². The van der Waals surface area contributed by atoms with Gasteiger partial charge in [-0.05, 0) is 111 Å². The van der Waals surface area contributed by atoms with Gasteiger partial charge in [-0.3, -0.25) is 9.59 Å². The molecule has 1 aromatic carbocycles. The molecule has 4 aliphatic carbocycles. The lowest BCUT2D eigenvalue weighted by atomic mass is 9.46. The lowest BCUT2D eigenvalue weighted by molar-refractivity contribution is -0.333. The fraction of sp³-hybridized carbons (Fsp3) is 0.759. The Morgan fingerprint density at radius 2 is 1.57 bits per heavy atom. The van der Waals surface area contributed by atoms with Crippen LogP contribution >= 0.6 is 0 Å². The Morgan fingerprint density at radius 1 is 0.867 bits per heavy atom. The number of Topliss-reactive ketones (excluding diaryl/α,β-unsaturated/α-hetero) is 1. The Morgan fingerprint density at radius 3 is 2.29 bits per heavy atom. The first-order valence-electron chi connectivity index (χ1n) is 27.8. The first kappa shape index (κ1) is 58.7. The molecule has 75 heavy (non-hydrogen) atoms. The number of carbonyl (C=O) groups is 4. The van der Waals surface area contributed by atoms with Crippen LogP contribution in [0.4, 0.5) is 4.79 Å². The molecule has 2 heterocycles. The average molecular weight is 1050 g/mol. The fourth-order valence-electron chi connectivity index (χ4n) is 13.7. The number of esters is 2. The highest BCUT2D eigenvalue weighted by molar-refractivity contribution is 5.89. The molecular weight excluding hydrogens is 967 g/mol. The number of hydrogen-bond acceptors (Lipinski definition) is 16. The van der Waals surface area contributed by atoms with Crippen LogP contribution in [0.15, 0.2) is 48.6 Å². The number of ether oxygens (including phenoxy) is 8. The number of alkyl carbamates (subject to hydrolysis) is 1. The summed E-state index contributed by atoms with van der Waals surface area (Å²) >= 11 is 0. The Bertz CT molecular complexity index is 2130. The smallest absolute Gasteiger partial charge is 0.407 e. The van der Waals surface area contributed by atoms with Gasteiger partial charge in [-0.2, -0.15) is 0 Å². The molecule has 0 bridgehead atoms. The third kappa shape index (κ3) is 13.0. The lowest BCUT2D eigenvalue weighted by Gasteiger charge is -2.59. The first-order chi connectivity index (χ1) is 35.7. The molecule has 0 aromatic heterocycles. The van der Waals surface area contributed by atoms with E-state index < -0.39 is 84.1 Å². The molecule has 17 nitrogen and oxygen atoms in total. The molecule has 5 N–H and O–H groups in total. The van der Waals surface area contributed by atoms with Crippen LogP contribution in [-0.2, 0) is 42.7 Å². The molecular formula is C58H87NO16. The summed E-state index contributed by atoms with van der Waals surface area (Å²) in [4.78, 5) is 52.3. The van der Waals surface area contributed by atoms with Gasteiger partial charge in [0.1, 0.15) is 48.2 Å². The number of aliphatic hydroxyl groups excluding tert-OH is 3. The summed E-state index contributed by atoms with van der Waals surface area (Å²) in [5, 5.41) is 49.6. The number of amides is 1. The standard InChI is InChI=1S/C58H87NO16/c1-9-29-69-48(63)15-13-11-10-12-14-28-59-55(66)72-40-24-26-56(6)38(30-40)19-22-41-42(56)25-27-57(7)43(41)31-47(58(57,67)36(5)44(60)23-16-34(2)3)73-53-35(4)50(46(62)33-70-53)75-54-51(49(64)45(61)32-71-54)74-52(65)37-17-20-39(68-8)21-18-37/h9,17-21,34-36,40-43,45-47,49-51,53-54,61-62,64,67H,1,10-16,22-33H2,2-8H3,(H,59,66)/t35?,36-,40+,41-,42?,43+,45?,46?,47+,49?,50?,51?,53?,54?,56+,57+,58-/m1/s1. The van der Waals surface area contributed by atoms with Crippen molar-refractivity contribution in [3.05, 3.63) is 54.1 Å². The Kier molecular flexibility index (Phi) is 20.1. The van der Waals surface area contributed by atoms with E-state index in [0.29, 0.717) is 62.7 Å². The lowest BCUT2D eigenvalue weighted by Crippen LogP contribution is -2.62. The molecule has 0 spiro atoms. The van der Waals surface area contributed by atoms with Crippen LogP contribution in [0.1, 0.15) is 148 Å². The van der Waals surface area contributed by atoms with E-state index in [-0.39, 0.29) is 60.5 Å². The predicted octanol–water partition coefficient (Wildman–Crippen LogP) is 7.53. The molecule has 6 aliphatic rings. The highest BCUT2D eigenvalue weighted by Crippen LogP contribution is 2.69. The van der Waals surface area contributed by atoms with E-state index in [1.54, 1.807) is 25.1 Å². The highest BCUT2D eigenvalue weighted by Gasteiger charge is 2.70. The third-order valence-electron chi connectivity index (χ3n) is 18.2. The molecule has 1 aromatic rings. The number of methoxy groups -OCH3 is 1. The van der Waals surface area contributed by atoms with Crippen LogP contribution in [0, 0.1) is 46.3 Å². The monoisotopic (exact) mass is 1050 g/mol. The van der Waals surface area contributed by atoms with E-state index in [1.807, 2.05) is 6.92 Å². The minimum absolute atomic E-state index is 0.0129. The van der Waals surface area contributed by atoms with Crippen molar-refractivity contribution in [2.24, 2.45) is 46.3 Å². The van der Waals surface area contributed by atoms with Crippen LogP contribution in [-0.4, -0.2) is 139 Å². The number of fused-ring (bicyclic) bond motifs is 5. The van der Waals surface area contributed by atoms with Gasteiger partial charge in [-0.25, -0.2) is 9.59 Å². The maximum atomic E-state index is 14.3. The zero-order valence-corrected chi connectivity index (χ0v) is 45.5. The average Bonchev–Trinajstić information content (AvgIpc) is 3.78. The van der Waals surface area contributed by atoms with E-state index in [4.69, 9.17) is 37.9 Å². The molecule has 420 valence electrons. The number of ketones is 1. The molecule has 17 heteroatoms. The van der Waals surface area contributed by atoms with E-state index in [9.17, 15) is 39.6 Å². The van der Waals surface area contributed by atoms with Crippen molar-refractivity contribution in [3.8, 4) is 5.75 Å². The maximum Gasteiger partial charge on any atom is 0.407 e. The number of carbonyl (C=O) groups excluding carboxylic acids is 4. The Hall–Kier alpha value is -3.94. The number of aliphatic hydroxyl groups is 4. The SMILES string of the molecule is C=CCOC(=O)CCCCCCCNC(=O)O[C@H]1CC[C@@]2(C)C(=CC[C@@H]3C2CC[C@@]2(C)[C@H]3C[C@H](OC3OCC(O)C(OC4OCC(O)C(O)C4OC(=O)c4ccc(OC)cc4)C3C)[C@]2(O)[C@H](C)C(=O)CCC(C)C)C1. The molecule has 2 aliphatic heterocycles. The summed E-state index contributed by atoms with van der Waals surface area (Å²) in [6, 6.07) is 6.20. The molecule has 3 saturated carbocycles. The zero-order valence-electron chi connectivity index (χ0n) is 45.5. The minimum atomic E-state index is -1.58. The van der Waals surface area contributed by atoms with Crippen LogP contribution < -0.4 is 10.1 Å². The van der Waals surface area contributed by atoms with Crippen molar-refractivity contribution in [2.45, 2.75) is 199 Å². The van der Waals surface area contributed by atoms with Crippen LogP contribution in [0.3, 0.4) is 0 Å². The largest absolute Gasteiger partial charge is 0.497 e. The number of hydrogen-bond donors (Lipinski definition) is 5. The van der Waals surface area contributed by atoms with Gasteiger partial charge in [-0.15, -0.1) is 0 Å². The maximum absolute atomic E-state index is 14.3. The molecule has 17 atom stereocenters. The van der Waals surface area contributed by atoms with Crippen molar-refractivity contribution >= 4 is 23.8 Å². The Labute approximate surface area is 443 Å². The van der Waals surface area contributed by atoms with Gasteiger partial charge in [0.15, 0.2) is 18.7 Å². The topological polar surface area (TPSA) is 235 Å². The summed E-state index contributed by atoms with van der Waals surface area (Å²) in [5.74, 6) is -1.17. The number of unbranched alkanes of at least 4 members (excludes halogenated alkanes) is 4. The van der Waals surface area contributed by atoms with Gasteiger partial charge >= 0.3 is 18.0 Å². The predicted molar refractivity (Wildman–Crippen MR) is 276 cm³/mol. The normalized spacial score (nSPS) is 36.7. The number of benzene rings is 1. The molecule has 7 rings (SSSR count). The third-order valence-corrected chi connectivity index (χ3v) is 18.2. The number of rotatable bonds is 23. The second kappa shape index (κ2) is 25.7. The summed E-state index contributed by atoms with van der Waals surface area (Å²) < 4.78 is 47.5. The summed E-state index contributed by atoms with van der Waals surface area (Å²) in [7, 11) is 1.50. The van der Waals surface area contributed by atoms with E-state index in [2.05, 4.69) is 45.7 Å². The molecule has 1 amide bonds. The van der Waals surface area contributed by atoms with Gasteiger partial charge < -0.3 is 63.6 Å². The molecule has 9 unspecified atom stereocenters. The van der Waals surface area contributed by atoms with Crippen LogP contribution in [0.2, 0.25) is 0 Å². The van der Waals surface area contributed by atoms with Crippen molar-refractivity contribution in [2.75, 3.05) is 33.5 Å². The minimum Gasteiger partial charge on any atom is -0.497 e. The van der Waals surface area contributed by atoms with Crippen LogP contribution in [0.25, 0.3) is 0 Å². The number of allylic oxidation sites excluding steroid dienone is 1. The quantitative estimate of drug-likeness (QED) is 0.0308. The van der Waals surface area contributed by atoms with Crippen LogP contribution in [0.5, 0.6) is 5.75 Å². The Balaban J connectivity index is 1.02. The van der Waals surface area contributed by atoms with Gasteiger partial charge in [-0.1, -0.05) is 85.1 Å². The van der Waals surface area contributed by atoms with Gasteiger partial charge in [0.2, 0.25) is 0 Å². The van der Waals surface area contributed by atoms with Crippen molar-refractivity contribution in [1.29, 1.82) is 0 Å². The zero-order chi connectivity index (χ0) is 54.2. The number of nitrogens with one attached hydrogen (secondary N) is 1. The summed E-state index contributed by atoms with van der Waals surface area (Å²) in [6.07, 6.45) is 4.33. The van der Waals surface area contributed by atoms with Gasteiger partial charge in [0, 0.05) is 43.1 Å². The van der Waals surface area contributed by atoms with E-state index in [0.717, 1.165) is 57.8 Å². The van der Waals surface area contributed by atoms with Gasteiger partial charge in [0.05, 0.1) is 38.1 Å². The van der Waals surface area contributed by atoms with Crippen molar-refractivity contribution in [3.63, 3.8) is 0 Å². The second-order valence-electron chi connectivity index (χ2n) is 23.3. The second-order valence-corrected chi connectivity index (χ2v) is 23.3. The summed E-state index contributed by atoms with van der Waals surface area (Å²) in [6.45, 7) is 16.1. The van der Waals surface area contributed by atoms with Crippen molar-refractivity contribution in [1.82, 2.24) is 5.32 Å². The first-order valence-corrected chi connectivity index (χ1v) is 27.8. The summed E-state index contributed by atoms with van der Waals surface area (Å²) in [5.41, 5.74) is -0.926. The van der Waals surface area contributed by atoms with Crippen molar-refractivity contribution < 1.29 is 77.5 Å². The molecule has 2 saturated heterocycles. The molecule has 5 fully saturated rings. The fourth-order valence-corrected chi connectivity index (χ4v) is 13.7. The highest BCUT2D eigenvalue weighted by atomic mass is 16.7. The van der Waals surface area contributed by atoms with Gasteiger partial charge in [0.25, 0.3) is 0 Å². The van der Waals surface area contributed by atoms with E-state index >= 15 is 0 Å². The molecule has 0 radical (unpaired) electrons.